The predicted octanol–water partition coefficient (Wildman–Crippen LogP) is 3.44. The molecule has 30 heavy (non-hydrogen) atoms. The summed E-state index contributed by atoms with van der Waals surface area (Å²) < 4.78 is 0. The maximum atomic E-state index is 4.03. The molecule has 0 radical (unpaired) electrons. The van der Waals surface area contributed by atoms with Gasteiger partial charge >= 0.3 is 0 Å². The zero-order chi connectivity index (χ0) is 20.3. The first-order chi connectivity index (χ1) is 14.8. The molecule has 158 valence electrons. The fourth-order valence-corrected chi connectivity index (χ4v) is 5.84. The molecular weight excluding hydrogens is 372 g/mol. The smallest absolute Gasteiger partial charge is 0.109 e. The molecule has 2 N–H and O–H groups in total. The SMILES string of the molecule is C(#CC12CCCN1CCC2)c1cnc[nH]1.C(=C/C12CCCN1CCC2)/c1cnc[nH]1. The summed E-state index contributed by atoms with van der Waals surface area (Å²) in [5.41, 5.74) is 2.63. The quantitative estimate of drug-likeness (QED) is 0.753. The molecule has 0 aromatic carbocycles. The van der Waals surface area contributed by atoms with Gasteiger partial charge in [-0.3, -0.25) is 9.80 Å². The van der Waals surface area contributed by atoms with Crippen molar-refractivity contribution in [2.45, 2.75) is 62.4 Å². The van der Waals surface area contributed by atoms with E-state index in [0.717, 1.165) is 11.4 Å². The van der Waals surface area contributed by atoms with Crippen molar-refractivity contribution in [2.24, 2.45) is 0 Å². The number of nitrogens with one attached hydrogen (secondary N) is 2. The zero-order valence-electron chi connectivity index (χ0n) is 17.7. The van der Waals surface area contributed by atoms with Crippen LogP contribution >= 0.6 is 0 Å². The highest BCUT2D eigenvalue weighted by Crippen LogP contribution is 2.40. The average molecular weight is 405 g/mol. The molecule has 0 amide bonds. The molecule has 4 aliphatic heterocycles. The van der Waals surface area contributed by atoms with Crippen LogP contribution in [0.25, 0.3) is 6.08 Å². The van der Waals surface area contributed by atoms with Crippen molar-refractivity contribution in [3.63, 3.8) is 0 Å². The van der Waals surface area contributed by atoms with Gasteiger partial charge in [-0.15, -0.1) is 0 Å². The van der Waals surface area contributed by atoms with E-state index in [-0.39, 0.29) is 5.54 Å². The first-order valence-corrected chi connectivity index (χ1v) is 11.5. The normalized spacial score (nSPS) is 24.3. The van der Waals surface area contributed by atoms with Crippen LogP contribution in [0.2, 0.25) is 0 Å². The van der Waals surface area contributed by atoms with E-state index in [1.54, 1.807) is 18.9 Å². The van der Waals surface area contributed by atoms with Crippen LogP contribution in [-0.2, 0) is 0 Å². The van der Waals surface area contributed by atoms with Crippen molar-refractivity contribution in [3.8, 4) is 11.8 Å². The first-order valence-electron chi connectivity index (χ1n) is 11.5. The summed E-state index contributed by atoms with van der Waals surface area (Å²) >= 11 is 0. The minimum Gasteiger partial charge on any atom is -0.345 e. The molecule has 6 heterocycles. The van der Waals surface area contributed by atoms with E-state index in [4.69, 9.17) is 0 Å². The van der Waals surface area contributed by atoms with Gasteiger partial charge in [-0.05, 0) is 89.5 Å². The summed E-state index contributed by atoms with van der Waals surface area (Å²) in [6.07, 6.45) is 22.1. The second-order valence-electron chi connectivity index (χ2n) is 9.08. The standard InChI is InChI=1S/C12H17N3.C12H15N3/c2*1-4-12(5-2-8-15(12)7-1)6-3-11-9-13-10-14-11/h3,6,9-10H,1-2,4-5,7-8H2,(H,13,14);9-10H,1-2,4-5,7-8H2,(H,13,14)/b6-3-;. The van der Waals surface area contributed by atoms with Gasteiger partial charge in [-0.25, -0.2) is 9.97 Å². The number of hydrogen-bond donors (Lipinski definition) is 2. The Kier molecular flexibility index (Phi) is 5.49. The van der Waals surface area contributed by atoms with Crippen molar-refractivity contribution in [3.05, 3.63) is 42.5 Å². The van der Waals surface area contributed by atoms with Gasteiger partial charge in [-0.2, -0.15) is 0 Å². The van der Waals surface area contributed by atoms with Crippen molar-refractivity contribution < 1.29 is 0 Å². The van der Waals surface area contributed by atoms with Gasteiger partial charge in [0.1, 0.15) is 5.69 Å². The molecule has 0 spiro atoms. The summed E-state index contributed by atoms with van der Waals surface area (Å²) in [6.45, 7) is 5.04. The van der Waals surface area contributed by atoms with Gasteiger partial charge in [-0.1, -0.05) is 12.0 Å². The average Bonchev–Trinajstić information content (AvgIpc) is 3.56. The molecule has 4 fully saturated rings. The Morgan fingerprint density at radius 2 is 1.50 bits per heavy atom. The topological polar surface area (TPSA) is 63.8 Å². The van der Waals surface area contributed by atoms with Crippen LogP contribution in [0.1, 0.15) is 62.8 Å². The van der Waals surface area contributed by atoms with Gasteiger partial charge in [0.05, 0.1) is 36.3 Å². The number of imidazole rings is 2. The van der Waals surface area contributed by atoms with E-state index in [0.29, 0.717) is 5.54 Å². The molecule has 4 saturated heterocycles. The summed E-state index contributed by atoms with van der Waals surface area (Å²) in [4.78, 5) is 19.4. The lowest BCUT2D eigenvalue weighted by Crippen LogP contribution is -2.36. The van der Waals surface area contributed by atoms with E-state index < -0.39 is 0 Å². The number of aromatic amines is 2. The van der Waals surface area contributed by atoms with Crippen LogP contribution in [0.15, 0.2) is 31.1 Å². The largest absolute Gasteiger partial charge is 0.345 e. The third-order valence-electron chi connectivity index (χ3n) is 7.37. The van der Waals surface area contributed by atoms with Crippen LogP contribution < -0.4 is 0 Å². The number of hydrogen-bond acceptors (Lipinski definition) is 4. The molecule has 2 aromatic heterocycles. The van der Waals surface area contributed by atoms with Gasteiger partial charge in [0.25, 0.3) is 0 Å². The Hall–Kier alpha value is -2.36. The number of fused-ring (bicyclic) bond motifs is 2. The molecule has 4 aliphatic rings. The van der Waals surface area contributed by atoms with Gasteiger partial charge < -0.3 is 9.97 Å². The highest BCUT2D eigenvalue weighted by molar-refractivity contribution is 5.46. The number of H-pyrrole nitrogens is 2. The number of rotatable bonds is 2. The monoisotopic (exact) mass is 404 g/mol. The van der Waals surface area contributed by atoms with E-state index in [1.165, 1.54) is 77.5 Å². The van der Waals surface area contributed by atoms with Crippen LogP contribution in [0.4, 0.5) is 0 Å². The fourth-order valence-electron chi connectivity index (χ4n) is 5.84. The maximum absolute atomic E-state index is 4.03. The molecule has 2 aromatic rings. The van der Waals surface area contributed by atoms with Crippen LogP contribution in [0.3, 0.4) is 0 Å². The molecule has 6 nitrogen and oxygen atoms in total. The van der Waals surface area contributed by atoms with E-state index in [1.807, 2.05) is 6.20 Å². The van der Waals surface area contributed by atoms with Crippen LogP contribution in [0, 0.1) is 11.8 Å². The second-order valence-corrected chi connectivity index (χ2v) is 9.08. The van der Waals surface area contributed by atoms with Crippen molar-refractivity contribution >= 4 is 6.08 Å². The zero-order valence-corrected chi connectivity index (χ0v) is 17.7. The summed E-state index contributed by atoms with van der Waals surface area (Å²) in [5.74, 6) is 6.68. The predicted molar refractivity (Wildman–Crippen MR) is 119 cm³/mol. The second kappa shape index (κ2) is 8.41. The molecule has 0 aliphatic carbocycles. The fraction of sp³-hybridized carbons (Fsp3) is 0.583. The molecule has 6 heteroatoms. The Bertz CT molecular complexity index is 881. The summed E-state index contributed by atoms with van der Waals surface area (Å²) in [6, 6.07) is 0. The van der Waals surface area contributed by atoms with E-state index >= 15 is 0 Å². The number of aromatic nitrogens is 4. The highest BCUT2D eigenvalue weighted by Gasteiger charge is 2.43. The molecule has 0 bridgehead atoms. The third kappa shape index (κ3) is 3.84. The molecule has 6 rings (SSSR count). The Balaban J connectivity index is 0.000000128. The Labute approximate surface area is 179 Å². The first kappa shape index (κ1) is 19.6. The van der Waals surface area contributed by atoms with Gasteiger partial charge in [0.15, 0.2) is 0 Å². The lowest BCUT2D eigenvalue weighted by atomic mass is 9.93. The lowest BCUT2D eigenvalue weighted by Gasteiger charge is -2.28. The summed E-state index contributed by atoms with van der Waals surface area (Å²) in [7, 11) is 0. The molecule has 0 atom stereocenters. The Morgan fingerprint density at radius 1 is 0.833 bits per heavy atom. The Morgan fingerprint density at radius 3 is 2.17 bits per heavy atom. The van der Waals surface area contributed by atoms with Crippen molar-refractivity contribution in [1.82, 2.24) is 29.7 Å². The molecular formula is C24H32N6. The van der Waals surface area contributed by atoms with E-state index in [9.17, 15) is 0 Å². The van der Waals surface area contributed by atoms with E-state index in [2.05, 4.69) is 53.7 Å². The van der Waals surface area contributed by atoms with Gasteiger partial charge in [0.2, 0.25) is 0 Å². The highest BCUT2D eigenvalue weighted by atomic mass is 15.2. The summed E-state index contributed by atoms with van der Waals surface area (Å²) in [5, 5.41) is 0. The van der Waals surface area contributed by atoms with Gasteiger partial charge in [0, 0.05) is 5.54 Å². The number of nitrogens with zero attached hydrogens (tertiary/aromatic N) is 4. The minimum absolute atomic E-state index is 0.200. The minimum atomic E-state index is 0.200. The lowest BCUT2D eigenvalue weighted by molar-refractivity contribution is 0.251. The van der Waals surface area contributed by atoms with Crippen LogP contribution in [-0.4, -0.2) is 67.0 Å². The van der Waals surface area contributed by atoms with Crippen molar-refractivity contribution in [1.29, 1.82) is 0 Å². The molecule has 0 unspecified atom stereocenters. The van der Waals surface area contributed by atoms with Crippen molar-refractivity contribution in [2.75, 3.05) is 26.2 Å². The molecule has 0 saturated carbocycles. The maximum Gasteiger partial charge on any atom is 0.109 e. The van der Waals surface area contributed by atoms with Crippen LogP contribution in [0.5, 0.6) is 0 Å². The third-order valence-corrected chi connectivity index (χ3v) is 7.37.